The number of nitrogens with zero attached hydrogens (tertiary/aromatic N) is 2. The first kappa shape index (κ1) is 20.0. The molecule has 0 radical (unpaired) electrons. The van der Waals surface area contributed by atoms with Crippen molar-refractivity contribution in [3.63, 3.8) is 0 Å². The minimum absolute atomic E-state index is 0.444. The van der Waals surface area contributed by atoms with Gasteiger partial charge in [-0.05, 0) is 54.9 Å². The van der Waals surface area contributed by atoms with E-state index in [0.717, 1.165) is 18.0 Å². The lowest BCUT2D eigenvalue weighted by Crippen LogP contribution is -2.41. The first-order valence-corrected chi connectivity index (χ1v) is 10.8. The van der Waals surface area contributed by atoms with Gasteiger partial charge in [0.2, 0.25) is 0 Å². The van der Waals surface area contributed by atoms with Crippen LogP contribution in [0.3, 0.4) is 0 Å². The molecule has 1 aliphatic carbocycles. The summed E-state index contributed by atoms with van der Waals surface area (Å²) in [6, 6.07) is 14.5. The largest absolute Gasteiger partial charge is 0.495 e. The molecule has 4 rings (SSSR count). The van der Waals surface area contributed by atoms with Crippen molar-refractivity contribution in [1.29, 1.82) is 0 Å². The Kier molecular flexibility index (Phi) is 5.97. The van der Waals surface area contributed by atoms with Crippen molar-refractivity contribution in [1.82, 2.24) is 9.47 Å². The Hall–Kier alpha value is -2.24. The summed E-state index contributed by atoms with van der Waals surface area (Å²) in [5.41, 5.74) is 3.33. The monoisotopic (exact) mass is 427 g/mol. The Morgan fingerprint density at radius 3 is 2.76 bits per heavy atom. The number of anilines is 1. The van der Waals surface area contributed by atoms with Crippen molar-refractivity contribution < 1.29 is 4.74 Å². The predicted molar refractivity (Wildman–Crippen MR) is 125 cm³/mol. The highest BCUT2D eigenvalue weighted by Gasteiger charge is 2.26. The smallest absolute Gasteiger partial charge is 0.174 e. The number of fused-ring (bicyclic) bond motifs is 1. The van der Waals surface area contributed by atoms with Gasteiger partial charge in [-0.3, -0.25) is 0 Å². The molecule has 0 spiro atoms. The summed E-state index contributed by atoms with van der Waals surface area (Å²) < 4.78 is 7.67. The standard InChI is InChI=1S/C23H26ClN3OS/c1-26-14-16(19-9-5-6-10-21(19)26)15-27(18-7-3-4-8-18)23(29)25-20-13-17(24)11-12-22(20)28-2/h5-6,9-14,18H,3-4,7-8,15H2,1-2H3,(H,25,29). The van der Waals surface area contributed by atoms with Gasteiger partial charge >= 0.3 is 0 Å². The molecule has 0 aliphatic heterocycles. The third-order valence-electron chi connectivity index (χ3n) is 5.75. The number of halogens is 1. The van der Waals surface area contributed by atoms with E-state index in [1.165, 1.54) is 42.1 Å². The van der Waals surface area contributed by atoms with Crippen LogP contribution in [-0.4, -0.2) is 27.7 Å². The minimum Gasteiger partial charge on any atom is -0.495 e. The molecule has 152 valence electrons. The first-order chi connectivity index (χ1) is 14.1. The first-order valence-electron chi connectivity index (χ1n) is 10.0. The lowest BCUT2D eigenvalue weighted by Gasteiger charge is -2.32. The van der Waals surface area contributed by atoms with Crippen LogP contribution in [0.5, 0.6) is 5.75 Å². The van der Waals surface area contributed by atoms with E-state index < -0.39 is 0 Å². The zero-order chi connectivity index (χ0) is 20.4. The van der Waals surface area contributed by atoms with Crippen LogP contribution < -0.4 is 10.1 Å². The van der Waals surface area contributed by atoms with Gasteiger partial charge in [-0.1, -0.05) is 42.6 Å². The molecule has 2 aromatic carbocycles. The number of aryl methyl sites for hydroxylation is 1. The van der Waals surface area contributed by atoms with Crippen LogP contribution in [0.4, 0.5) is 5.69 Å². The lowest BCUT2D eigenvalue weighted by atomic mass is 10.1. The highest BCUT2D eigenvalue weighted by atomic mass is 35.5. The van der Waals surface area contributed by atoms with Crippen LogP contribution in [-0.2, 0) is 13.6 Å². The minimum atomic E-state index is 0.444. The van der Waals surface area contributed by atoms with E-state index >= 15 is 0 Å². The summed E-state index contributed by atoms with van der Waals surface area (Å²) in [7, 11) is 3.75. The predicted octanol–water partition coefficient (Wildman–Crippen LogP) is 5.98. The summed E-state index contributed by atoms with van der Waals surface area (Å²) in [6.07, 6.45) is 7.05. The molecule has 1 N–H and O–H groups in total. The number of rotatable bonds is 5. The van der Waals surface area contributed by atoms with Crippen molar-refractivity contribution in [2.45, 2.75) is 38.3 Å². The average Bonchev–Trinajstić information content (AvgIpc) is 3.35. The Labute approximate surface area is 182 Å². The highest BCUT2D eigenvalue weighted by Crippen LogP contribution is 2.31. The van der Waals surface area contributed by atoms with Gasteiger partial charge < -0.3 is 19.5 Å². The summed E-state index contributed by atoms with van der Waals surface area (Å²) >= 11 is 12.1. The van der Waals surface area contributed by atoms with E-state index in [-0.39, 0.29) is 0 Å². The van der Waals surface area contributed by atoms with E-state index in [2.05, 4.69) is 52.3 Å². The maximum absolute atomic E-state index is 6.21. The van der Waals surface area contributed by atoms with Crippen LogP contribution in [0.25, 0.3) is 10.9 Å². The zero-order valence-electron chi connectivity index (χ0n) is 16.8. The molecule has 4 nitrogen and oxygen atoms in total. The molecule has 0 amide bonds. The number of methoxy groups -OCH3 is 1. The fourth-order valence-electron chi connectivity index (χ4n) is 4.28. The maximum Gasteiger partial charge on any atom is 0.174 e. The van der Waals surface area contributed by atoms with Gasteiger partial charge in [0.1, 0.15) is 5.75 Å². The number of hydrogen-bond donors (Lipinski definition) is 1. The SMILES string of the molecule is COc1ccc(Cl)cc1NC(=S)N(Cc1cn(C)c2ccccc12)C1CCCC1. The second-order valence-electron chi connectivity index (χ2n) is 7.62. The molecule has 0 unspecified atom stereocenters. The molecule has 0 atom stereocenters. The molecule has 1 saturated carbocycles. The van der Waals surface area contributed by atoms with Crippen molar-refractivity contribution in [3.05, 3.63) is 59.2 Å². The molecule has 1 fully saturated rings. The number of benzene rings is 2. The molecule has 29 heavy (non-hydrogen) atoms. The summed E-state index contributed by atoms with van der Waals surface area (Å²) in [5.74, 6) is 0.730. The molecular weight excluding hydrogens is 402 g/mol. The molecule has 1 aromatic heterocycles. The fraction of sp³-hybridized carbons (Fsp3) is 0.348. The highest BCUT2D eigenvalue weighted by molar-refractivity contribution is 7.80. The van der Waals surface area contributed by atoms with E-state index in [1.807, 2.05) is 18.2 Å². The Bertz CT molecular complexity index is 1030. The third kappa shape index (κ3) is 4.21. The second-order valence-corrected chi connectivity index (χ2v) is 8.45. The van der Waals surface area contributed by atoms with E-state index in [4.69, 9.17) is 28.6 Å². The molecule has 3 aromatic rings. The van der Waals surface area contributed by atoms with Gasteiger partial charge in [-0.2, -0.15) is 0 Å². The van der Waals surface area contributed by atoms with Crippen LogP contribution in [0.1, 0.15) is 31.2 Å². The van der Waals surface area contributed by atoms with Gasteiger partial charge in [-0.25, -0.2) is 0 Å². The summed E-state index contributed by atoms with van der Waals surface area (Å²) in [4.78, 5) is 2.34. The van der Waals surface area contributed by atoms with Crippen LogP contribution >= 0.6 is 23.8 Å². The lowest BCUT2D eigenvalue weighted by molar-refractivity contribution is 0.313. The van der Waals surface area contributed by atoms with Gasteiger partial charge in [0.25, 0.3) is 0 Å². The molecule has 0 bridgehead atoms. The van der Waals surface area contributed by atoms with Crippen molar-refractivity contribution in [3.8, 4) is 5.75 Å². The Balaban J connectivity index is 1.63. The van der Waals surface area contributed by atoms with Crippen molar-refractivity contribution in [2.24, 2.45) is 7.05 Å². The zero-order valence-corrected chi connectivity index (χ0v) is 18.4. The molecule has 0 saturated heterocycles. The number of ether oxygens (including phenoxy) is 1. The average molecular weight is 428 g/mol. The van der Waals surface area contributed by atoms with Gasteiger partial charge in [-0.15, -0.1) is 0 Å². The van der Waals surface area contributed by atoms with Crippen LogP contribution in [0.15, 0.2) is 48.7 Å². The number of aromatic nitrogens is 1. The molecular formula is C23H26ClN3OS. The second kappa shape index (κ2) is 8.64. The van der Waals surface area contributed by atoms with E-state index in [1.54, 1.807) is 7.11 Å². The number of para-hydroxylation sites is 1. The number of thiocarbonyl (C=S) groups is 1. The van der Waals surface area contributed by atoms with Crippen molar-refractivity contribution >= 4 is 45.5 Å². The van der Waals surface area contributed by atoms with Gasteiger partial charge in [0.15, 0.2) is 5.11 Å². The molecule has 1 heterocycles. The molecule has 6 heteroatoms. The summed E-state index contributed by atoms with van der Waals surface area (Å²) in [6.45, 7) is 0.779. The van der Waals surface area contributed by atoms with Gasteiger partial charge in [0, 0.05) is 41.8 Å². The summed E-state index contributed by atoms with van der Waals surface area (Å²) in [5, 5.41) is 6.04. The van der Waals surface area contributed by atoms with E-state index in [0.29, 0.717) is 16.2 Å². The third-order valence-corrected chi connectivity index (χ3v) is 6.32. The Morgan fingerprint density at radius 2 is 2.00 bits per heavy atom. The number of hydrogen-bond acceptors (Lipinski definition) is 2. The fourth-order valence-corrected chi connectivity index (χ4v) is 4.78. The van der Waals surface area contributed by atoms with Gasteiger partial charge in [0.05, 0.1) is 12.8 Å². The Morgan fingerprint density at radius 1 is 1.24 bits per heavy atom. The normalized spacial score (nSPS) is 14.3. The van der Waals surface area contributed by atoms with Crippen LogP contribution in [0, 0.1) is 0 Å². The van der Waals surface area contributed by atoms with Crippen molar-refractivity contribution in [2.75, 3.05) is 12.4 Å². The topological polar surface area (TPSA) is 29.4 Å². The quantitative estimate of drug-likeness (QED) is 0.507. The maximum atomic E-state index is 6.21. The molecule has 1 aliphatic rings. The van der Waals surface area contributed by atoms with E-state index in [9.17, 15) is 0 Å². The number of nitrogens with one attached hydrogen (secondary N) is 1. The van der Waals surface area contributed by atoms with Crippen LogP contribution in [0.2, 0.25) is 5.02 Å².